The van der Waals surface area contributed by atoms with Crippen LogP contribution in [0.3, 0.4) is 0 Å². The number of aromatic nitrogens is 2. The molecular formula is C12H13N3S2. The Balaban J connectivity index is 1.97. The van der Waals surface area contributed by atoms with Gasteiger partial charge in [-0.1, -0.05) is 6.07 Å². The highest BCUT2D eigenvalue weighted by Crippen LogP contribution is 2.33. The molecule has 0 spiro atoms. The zero-order valence-corrected chi connectivity index (χ0v) is 11.0. The maximum Gasteiger partial charge on any atom is 0.156 e. The topological polar surface area (TPSA) is 51.8 Å². The first-order valence-electron chi connectivity index (χ1n) is 5.66. The van der Waals surface area contributed by atoms with Gasteiger partial charge in [-0.25, -0.2) is 9.97 Å². The molecule has 0 bridgehead atoms. The Morgan fingerprint density at radius 2 is 2.35 bits per heavy atom. The van der Waals surface area contributed by atoms with Crippen LogP contribution >= 0.6 is 23.1 Å². The van der Waals surface area contributed by atoms with Gasteiger partial charge in [0.05, 0.1) is 0 Å². The molecule has 0 aromatic carbocycles. The van der Waals surface area contributed by atoms with Crippen molar-refractivity contribution < 1.29 is 0 Å². The van der Waals surface area contributed by atoms with Gasteiger partial charge in [-0.3, -0.25) is 0 Å². The Kier molecular flexibility index (Phi) is 3.13. The number of rotatable bonds is 3. The highest BCUT2D eigenvalue weighted by atomic mass is 32.2. The molecule has 0 fully saturated rings. The number of hydrogen-bond donors (Lipinski definition) is 1. The molecule has 0 radical (unpaired) electrons. The van der Waals surface area contributed by atoms with Crippen molar-refractivity contribution in [1.29, 1.82) is 0 Å². The van der Waals surface area contributed by atoms with Crippen LogP contribution in [0.5, 0.6) is 0 Å². The average Bonchev–Trinajstić information content (AvgIpc) is 2.98. The van der Waals surface area contributed by atoms with Crippen LogP contribution in [0.15, 0.2) is 27.0 Å². The first-order valence-corrected chi connectivity index (χ1v) is 7.35. The molecule has 0 unspecified atom stereocenters. The zero-order chi connectivity index (χ0) is 11.7. The van der Waals surface area contributed by atoms with Gasteiger partial charge in [0.15, 0.2) is 4.34 Å². The molecule has 3 rings (SSSR count). The molecule has 2 N–H and O–H groups in total. The molecule has 0 amide bonds. The Labute approximate surface area is 108 Å². The lowest BCUT2D eigenvalue weighted by atomic mass is 10.1. The second-order valence-corrected chi connectivity index (χ2v) is 6.15. The van der Waals surface area contributed by atoms with E-state index in [0.29, 0.717) is 6.54 Å². The summed E-state index contributed by atoms with van der Waals surface area (Å²) in [4.78, 5) is 9.03. The van der Waals surface area contributed by atoms with Crippen molar-refractivity contribution in [2.45, 2.75) is 35.2 Å². The molecule has 0 saturated carbocycles. The summed E-state index contributed by atoms with van der Waals surface area (Å²) in [7, 11) is 0. The number of aryl methyl sites for hydroxylation is 2. The van der Waals surface area contributed by atoms with Crippen LogP contribution in [0.1, 0.15) is 23.2 Å². The molecule has 5 heteroatoms. The number of pyridine rings is 1. The van der Waals surface area contributed by atoms with Gasteiger partial charge in [-0.05, 0) is 42.2 Å². The molecule has 3 nitrogen and oxygen atoms in total. The predicted octanol–water partition coefficient (Wildman–Crippen LogP) is 2.64. The highest BCUT2D eigenvalue weighted by Gasteiger charge is 2.16. The van der Waals surface area contributed by atoms with Crippen LogP contribution in [0.4, 0.5) is 0 Å². The summed E-state index contributed by atoms with van der Waals surface area (Å²) in [6, 6.07) is 2.23. The minimum atomic E-state index is 0.550. The number of nitrogens with two attached hydrogens (primary N) is 1. The Hall–Kier alpha value is -0.910. The molecule has 17 heavy (non-hydrogen) atoms. The molecule has 2 aromatic rings. The SMILES string of the molecule is NCc1cc2c(nc1Sc1nccs1)CCC2. The minimum absolute atomic E-state index is 0.550. The van der Waals surface area contributed by atoms with Crippen molar-refractivity contribution in [3.63, 3.8) is 0 Å². The van der Waals surface area contributed by atoms with Gasteiger partial charge in [0, 0.05) is 23.8 Å². The van der Waals surface area contributed by atoms with Crippen LogP contribution in [-0.2, 0) is 19.4 Å². The van der Waals surface area contributed by atoms with Crippen molar-refractivity contribution >= 4 is 23.1 Å². The lowest BCUT2D eigenvalue weighted by Crippen LogP contribution is -2.03. The minimum Gasteiger partial charge on any atom is -0.326 e. The van der Waals surface area contributed by atoms with E-state index < -0.39 is 0 Å². The third-order valence-corrected chi connectivity index (χ3v) is 4.83. The fourth-order valence-corrected chi connectivity index (χ4v) is 3.74. The van der Waals surface area contributed by atoms with Crippen molar-refractivity contribution in [2.75, 3.05) is 0 Å². The largest absolute Gasteiger partial charge is 0.326 e. The molecule has 2 heterocycles. The summed E-state index contributed by atoms with van der Waals surface area (Å²) in [5.74, 6) is 0. The van der Waals surface area contributed by atoms with E-state index in [0.717, 1.165) is 27.8 Å². The van der Waals surface area contributed by atoms with Crippen LogP contribution in [0.2, 0.25) is 0 Å². The highest BCUT2D eigenvalue weighted by molar-refractivity contribution is 8.01. The van der Waals surface area contributed by atoms with Gasteiger partial charge in [0.2, 0.25) is 0 Å². The van der Waals surface area contributed by atoms with Gasteiger partial charge in [0.25, 0.3) is 0 Å². The van der Waals surface area contributed by atoms with Crippen molar-refractivity contribution in [3.05, 3.63) is 34.5 Å². The Bertz CT molecular complexity index is 523. The smallest absolute Gasteiger partial charge is 0.156 e. The van der Waals surface area contributed by atoms with Gasteiger partial charge >= 0.3 is 0 Å². The number of fused-ring (bicyclic) bond motifs is 1. The maximum atomic E-state index is 5.80. The number of thiazole rings is 1. The standard InChI is InChI=1S/C12H13N3S2/c13-7-9-6-8-2-1-3-10(8)15-11(9)17-12-14-4-5-16-12/h4-6H,1-3,7,13H2. The second kappa shape index (κ2) is 4.76. The van der Waals surface area contributed by atoms with Crippen molar-refractivity contribution in [1.82, 2.24) is 9.97 Å². The summed E-state index contributed by atoms with van der Waals surface area (Å²) in [6.45, 7) is 0.550. The molecule has 88 valence electrons. The van der Waals surface area contributed by atoms with Gasteiger partial charge in [-0.2, -0.15) is 0 Å². The summed E-state index contributed by atoms with van der Waals surface area (Å²) >= 11 is 3.27. The van der Waals surface area contributed by atoms with E-state index >= 15 is 0 Å². The first kappa shape index (κ1) is 11.2. The molecule has 0 saturated heterocycles. The van der Waals surface area contributed by atoms with Crippen molar-refractivity contribution in [2.24, 2.45) is 5.73 Å². The lowest BCUT2D eigenvalue weighted by molar-refractivity contribution is 0.884. The van der Waals surface area contributed by atoms with E-state index in [1.807, 2.05) is 11.6 Å². The van der Waals surface area contributed by atoms with Crippen LogP contribution in [-0.4, -0.2) is 9.97 Å². The monoisotopic (exact) mass is 263 g/mol. The molecule has 1 aliphatic rings. The van der Waals surface area contributed by atoms with Gasteiger partial charge < -0.3 is 5.73 Å². The summed E-state index contributed by atoms with van der Waals surface area (Å²) < 4.78 is 1.03. The van der Waals surface area contributed by atoms with Crippen LogP contribution in [0, 0.1) is 0 Å². The van der Waals surface area contributed by atoms with Gasteiger partial charge in [0.1, 0.15) is 5.03 Å². The van der Waals surface area contributed by atoms with Crippen LogP contribution in [0.25, 0.3) is 0 Å². The zero-order valence-electron chi connectivity index (χ0n) is 9.35. The van der Waals surface area contributed by atoms with E-state index in [1.54, 1.807) is 23.1 Å². The van der Waals surface area contributed by atoms with E-state index in [1.165, 1.54) is 17.7 Å². The van der Waals surface area contributed by atoms with E-state index in [2.05, 4.69) is 11.1 Å². The van der Waals surface area contributed by atoms with E-state index in [4.69, 9.17) is 10.7 Å². The summed E-state index contributed by atoms with van der Waals surface area (Å²) in [6.07, 6.45) is 5.29. The predicted molar refractivity (Wildman–Crippen MR) is 70.4 cm³/mol. The molecular weight excluding hydrogens is 250 g/mol. The normalized spacial score (nSPS) is 13.9. The molecule has 0 atom stereocenters. The second-order valence-electron chi connectivity index (χ2n) is 4.02. The molecule has 0 aliphatic heterocycles. The van der Waals surface area contributed by atoms with Crippen LogP contribution < -0.4 is 5.73 Å². The Morgan fingerprint density at radius 3 is 3.12 bits per heavy atom. The third kappa shape index (κ3) is 2.22. The van der Waals surface area contributed by atoms with E-state index in [9.17, 15) is 0 Å². The molecule has 1 aliphatic carbocycles. The maximum absolute atomic E-state index is 5.80. The molecule has 2 aromatic heterocycles. The third-order valence-electron chi connectivity index (χ3n) is 2.90. The Morgan fingerprint density at radius 1 is 1.41 bits per heavy atom. The first-order chi connectivity index (χ1) is 8.36. The lowest BCUT2D eigenvalue weighted by Gasteiger charge is -2.08. The number of hydrogen-bond acceptors (Lipinski definition) is 5. The average molecular weight is 263 g/mol. The fourth-order valence-electron chi connectivity index (χ4n) is 2.08. The summed E-state index contributed by atoms with van der Waals surface area (Å²) in [5.41, 5.74) is 9.58. The number of nitrogens with zero attached hydrogens (tertiary/aromatic N) is 2. The van der Waals surface area contributed by atoms with E-state index in [-0.39, 0.29) is 0 Å². The summed E-state index contributed by atoms with van der Waals surface area (Å²) in [5, 5.41) is 3.01. The quantitative estimate of drug-likeness (QED) is 0.925. The fraction of sp³-hybridized carbons (Fsp3) is 0.333. The van der Waals surface area contributed by atoms with Gasteiger partial charge in [-0.15, -0.1) is 11.3 Å². The van der Waals surface area contributed by atoms with Crippen molar-refractivity contribution in [3.8, 4) is 0 Å².